The highest BCUT2D eigenvalue weighted by molar-refractivity contribution is 7.80. The Balaban J connectivity index is 2.06. The number of aromatic hydroxyl groups is 1. The predicted molar refractivity (Wildman–Crippen MR) is 74.7 cm³/mol. The van der Waals surface area contributed by atoms with Crippen LogP contribution in [0.25, 0.3) is 0 Å². The van der Waals surface area contributed by atoms with E-state index in [1.54, 1.807) is 30.3 Å². The summed E-state index contributed by atoms with van der Waals surface area (Å²) in [7, 11) is 0. The van der Waals surface area contributed by atoms with Gasteiger partial charge in [-0.3, -0.25) is 0 Å². The normalized spacial score (nSPS) is 10.2. The third-order valence-electron chi connectivity index (χ3n) is 2.55. The lowest BCUT2D eigenvalue weighted by molar-refractivity contribution is 0.304. The molecular weight excluding hydrogens is 265 g/mol. The molecule has 19 heavy (non-hydrogen) atoms. The van der Waals surface area contributed by atoms with E-state index in [4.69, 9.17) is 27.8 Å². The Bertz CT molecular complexity index is 599. The van der Waals surface area contributed by atoms with Gasteiger partial charge in [-0.15, -0.1) is 0 Å². The fourth-order valence-electron chi connectivity index (χ4n) is 1.54. The van der Waals surface area contributed by atoms with Gasteiger partial charge in [-0.1, -0.05) is 24.4 Å². The van der Waals surface area contributed by atoms with Crippen LogP contribution in [0.15, 0.2) is 42.5 Å². The molecule has 0 unspecified atom stereocenters. The number of phenolic OH excluding ortho intramolecular Hbond substituents is 1. The van der Waals surface area contributed by atoms with Crippen molar-refractivity contribution in [1.82, 2.24) is 0 Å². The summed E-state index contributed by atoms with van der Waals surface area (Å²) in [6, 6.07) is 10.9. The van der Waals surface area contributed by atoms with E-state index >= 15 is 0 Å². The standard InChI is InChI=1S/C14H12FNO2S/c15-13-7-11(5-6-12(13)14(16)19)18-8-9-1-3-10(17)4-2-9/h1-7,17H,8H2,(H2,16,19). The fourth-order valence-corrected chi connectivity index (χ4v) is 1.71. The first-order valence-corrected chi connectivity index (χ1v) is 5.97. The predicted octanol–water partition coefficient (Wildman–Crippen LogP) is 2.74. The van der Waals surface area contributed by atoms with Gasteiger partial charge in [-0.2, -0.15) is 0 Å². The second kappa shape index (κ2) is 5.67. The summed E-state index contributed by atoms with van der Waals surface area (Å²) in [4.78, 5) is 0.0163. The van der Waals surface area contributed by atoms with Gasteiger partial charge in [0, 0.05) is 11.6 Å². The monoisotopic (exact) mass is 277 g/mol. The second-order valence-corrected chi connectivity index (χ2v) is 4.40. The van der Waals surface area contributed by atoms with Crippen molar-refractivity contribution in [3.05, 3.63) is 59.4 Å². The van der Waals surface area contributed by atoms with E-state index in [1.807, 2.05) is 0 Å². The highest BCUT2D eigenvalue weighted by Crippen LogP contribution is 2.18. The highest BCUT2D eigenvalue weighted by atomic mass is 32.1. The van der Waals surface area contributed by atoms with Crippen LogP contribution in [-0.2, 0) is 6.61 Å². The van der Waals surface area contributed by atoms with Gasteiger partial charge in [-0.05, 0) is 29.8 Å². The Kier molecular flexibility index (Phi) is 3.97. The van der Waals surface area contributed by atoms with Gasteiger partial charge in [0.25, 0.3) is 0 Å². The van der Waals surface area contributed by atoms with E-state index in [0.29, 0.717) is 5.75 Å². The lowest BCUT2D eigenvalue weighted by atomic mass is 10.2. The zero-order chi connectivity index (χ0) is 13.8. The Morgan fingerprint density at radius 3 is 2.47 bits per heavy atom. The van der Waals surface area contributed by atoms with Crippen molar-refractivity contribution in [2.75, 3.05) is 0 Å². The van der Waals surface area contributed by atoms with Crippen LogP contribution in [-0.4, -0.2) is 10.1 Å². The SMILES string of the molecule is NC(=S)c1ccc(OCc2ccc(O)cc2)cc1F. The van der Waals surface area contributed by atoms with Gasteiger partial charge in [0.1, 0.15) is 28.9 Å². The van der Waals surface area contributed by atoms with E-state index in [1.165, 1.54) is 12.1 Å². The summed E-state index contributed by atoms with van der Waals surface area (Å²) in [5, 5.41) is 9.15. The first kappa shape index (κ1) is 13.3. The molecule has 0 aromatic heterocycles. The van der Waals surface area contributed by atoms with Crippen LogP contribution in [0.3, 0.4) is 0 Å². The first-order chi connectivity index (χ1) is 9.06. The van der Waals surface area contributed by atoms with Crippen molar-refractivity contribution in [3.8, 4) is 11.5 Å². The molecule has 2 rings (SSSR count). The van der Waals surface area contributed by atoms with Gasteiger partial charge in [0.15, 0.2) is 0 Å². The number of benzene rings is 2. The van der Waals surface area contributed by atoms with Gasteiger partial charge in [0.2, 0.25) is 0 Å². The Morgan fingerprint density at radius 2 is 1.89 bits per heavy atom. The van der Waals surface area contributed by atoms with Crippen molar-refractivity contribution in [1.29, 1.82) is 0 Å². The van der Waals surface area contributed by atoms with Crippen LogP contribution in [0.1, 0.15) is 11.1 Å². The lowest BCUT2D eigenvalue weighted by Crippen LogP contribution is -2.11. The molecule has 98 valence electrons. The molecule has 0 aliphatic rings. The van der Waals surface area contributed by atoms with E-state index in [-0.39, 0.29) is 22.9 Å². The molecule has 0 fully saturated rings. The minimum absolute atomic E-state index is 0.0163. The number of thiocarbonyl (C=S) groups is 1. The molecule has 0 spiro atoms. The Hall–Kier alpha value is -2.14. The number of phenols is 1. The summed E-state index contributed by atoms with van der Waals surface area (Å²) in [6.07, 6.45) is 0. The molecule has 0 bridgehead atoms. The van der Waals surface area contributed by atoms with Gasteiger partial charge >= 0.3 is 0 Å². The minimum atomic E-state index is -0.504. The van der Waals surface area contributed by atoms with Crippen molar-refractivity contribution in [3.63, 3.8) is 0 Å². The van der Waals surface area contributed by atoms with E-state index in [9.17, 15) is 4.39 Å². The Labute approximate surface area is 115 Å². The largest absolute Gasteiger partial charge is 0.508 e. The molecule has 0 aliphatic carbocycles. The van der Waals surface area contributed by atoms with Gasteiger partial charge < -0.3 is 15.6 Å². The molecule has 3 nitrogen and oxygen atoms in total. The van der Waals surface area contributed by atoms with E-state index in [2.05, 4.69) is 0 Å². The topological polar surface area (TPSA) is 55.5 Å². The quantitative estimate of drug-likeness (QED) is 0.844. The molecule has 2 aromatic carbocycles. The van der Waals surface area contributed by atoms with Crippen LogP contribution in [0.2, 0.25) is 0 Å². The molecule has 0 radical (unpaired) electrons. The average Bonchev–Trinajstić information content (AvgIpc) is 2.37. The first-order valence-electron chi connectivity index (χ1n) is 5.56. The zero-order valence-corrected chi connectivity index (χ0v) is 10.8. The smallest absolute Gasteiger partial charge is 0.137 e. The molecule has 0 saturated carbocycles. The number of hydrogen-bond acceptors (Lipinski definition) is 3. The lowest BCUT2D eigenvalue weighted by Gasteiger charge is -2.08. The van der Waals surface area contributed by atoms with Crippen LogP contribution < -0.4 is 10.5 Å². The fraction of sp³-hybridized carbons (Fsp3) is 0.0714. The average molecular weight is 277 g/mol. The van der Waals surface area contributed by atoms with Gasteiger partial charge in [0.05, 0.1) is 0 Å². The van der Waals surface area contributed by atoms with Crippen molar-refractivity contribution < 1.29 is 14.2 Å². The Morgan fingerprint density at radius 1 is 1.21 bits per heavy atom. The van der Waals surface area contributed by atoms with Crippen molar-refractivity contribution >= 4 is 17.2 Å². The maximum Gasteiger partial charge on any atom is 0.137 e. The maximum atomic E-state index is 13.6. The van der Waals surface area contributed by atoms with Crippen molar-refractivity contribution in [2.45, 2.75) is 6.61 Å². The summed E-state index contributed by atoms with van der Waals surface area (Å²) >= 11 is 4.72. The number of ether oxygens (including phenoxy) is 1. The highest BCUT2D eigenvalue weighted by Gasteiger charge is 2.06. The van der Waals surface area contributed by atoms with Crippen molar-refractivity contribution in [2.24, 2.45) is 5.73 Å². The van der Waals surface area contributed by atoms with Gasteiger partial charge in [-0.25, -0.2) is 4.39 Å². The molecule has 0 atom stereocenters. The molecule has 5 heteroatoms. The zero-order valence-electron chi connectivity index (χ0n) is 9.97. The number of hydrogen-bond donors (Lipinski definition) is 2. The molecule has 2 aromatic rings. The summed E-state index contributed by atoms with van der Waals surface area (Å²) in [5.41, 5.74) is 6.44. The molecule has 0 amide bonds. The van der Waals surface area contributed by atoms with E-state index < -0.39 is 5.82 Å². The maximum absolute atomic E-state index is 13.6. The summed E-state index contributed by atoms with van der Waals surface area (Å²) in [6.45, 7) is 0.284. The van der Waals surface area contributed by atoms with Crippen LogP contribution in [0, 0.1) is 5.82 Å². The molecule has 0 saturated heterocycles. The number of rotatable bonds is 4. The third kappa shape index (κ3) is 3.42. The van der Waals surface area contributed by atoms with E-state index in [0.717, 1.165) is 5.56 Å². The van der Waals surface area contributed by atoms with Crippen LogP contribution >= 0.6 is 12.2 Å². The molecule has 3 N–H and O–H groups in total. The summed E-state index contributed by atoms with van der Waals surface area (Å²) in [5.74, 6) is 0.0805. The molecule has 0 aliphatic heterocycles. The van der Waals surface area contributed by atoms with Crippen LogP contribution in [0.4, 0.5) is 4.39 Å². The number of halogens is 1. The third-order valence-corrected chi connectivity index (χ3v) is 2.77. The number of nitrogens with two attached hydrogens (primary N) is 1. The van der Waals surface area contributed by atoms with Crippen LogP contribution in [0.5, 0.6) is 11.5 Å². The summed E-state index contributed by atoms with van der Waals surface area (Å²) < 4.78 is 19.0. The minimum Gasteiger partial charge on any atom is -0.508 e. The molecule has 0 heterocycles. The molecular formula is C14H12FNO2S. The second-order valence-electron chi connectivity index (χ2n) is 3.96.